The van der Waals surface area contributed by atoms with E-state index in [-0.39, 0.29) is 34.4 Å². The first-order chi connectivity index (χ1) is 15.3. The highest BCUT2D eigenvalue weighted by Gasteiger charge is 2.27. The number of piperidine rings is 1. The van der Waals surface area contributed by atoms with Crippen LogP contribution < -0.4 is 21.1 Å². The quantitative estimate of drug-likeness (QED) is 0.598. The van der Waals surface area contributed by atoms with Crippen molar-refractivity contribution in [1.29, 1.82) is 0 Å². The highest BCUT2D eigenvalue weighted by Crippen LogP contribution is 2.29. The molecule has 1 aliphatic heterocycles. The van der Waals surface area contributed by atoms with Crippen LogP contribution in [-0.4, -0.2) is 46.5 Å². The van der Waals surface area contributed by atoms with Gasteiger partial charge in [-0.25, -0.2) is 13.8 Å². The molecule has 0 unspecified atom stereocenters. The zero-order chi connectivity index (χ0) is 22.8. The van der Waals surface area contributed by atoms with Gasteiger partial charge in [0.25, 0.3) is 5.56 Å². The lowest BCUT2D eigenvalue weighted by Crippen LogP contribution is -2.42. The van der Waals surface area contributed by atoms with E-state index in [2.05, 4.69) is 20.6 Å². The molecule has 0 bridgehead atoms. The summed E-state index contributed by atoms with van der Waals surface area (Å²) in [4.78, 5) is 47.7. The Kier molecular flexibility index (Phi) is 6.12. The van der Waals surface area contributed by atoms with Gasteiger partial charge in [-0.15, -0.1) is 0 Å². The van der Waals surface area contributed by atoms with Crippen molar-refractivity contribution in [2.75, 3.05) is 30.4 Å². The van der Waals surface area contributed by atoms with Crippen LogP contribution in [-0.2, 0) is 16.1 Å². The number of thiazole rings is 1. The molecule has 2 amide bonds. The average molecular weight is 462 g/mol. The summed E-state index contributed by atoms with van der Waals surface area (Å²) in [5.41, 5.74) is -0.231. The van der Waals surface area contributed by atoms with E-state index in [1.165, 1.54) is 6.33 Å². The van der Waals surface area contributed by atoms with Crippen molar-refractivity contribution in [3.8, 4) is 0 Å². The Hall–Kier alpha value is -3.41. The number of benzene rings is 1. The predicted molar refractivity (Wildman–Crippen MR) is 116 cm³/mol. The summed E-state index contributed by atoms with van der Waals surface area (Å²) in [6, 6.07) is 2.65. The third-order valence-corrected chi connectivity index (χ3v) is 6.24. The maximum absolute atomic E-state index is 13.3. The average Bonchev–Trinajstić information content (AvgIpc) is 3.20. The number of aromatic nitrogens is 3. The number of amides is 2. The van der Waals surface area contributed by atoms with Crippen LogP contribution in [0.25, 0.3) is 10.3 Å². The number of nitrogens with one attached hydrogen (secondary N) is 2. The molecule has 3 heterocycles. The van der Waals surface area contributed by atoms with Crippen LogP contribution in [0.15, 0.2) is 29.3 Å². The van der Waals surface area contributed by atoms with Crippen molar-refractivity contribution >= 4 is 44.3 Å². The van der Waals surface area contributed by atoms with E-state index in [9.17, 15) is 23.2 Å². The van der Waals surface area contributed by atoms with Crippen molar-refractivity contribution in [2.24, 2.45) is 5.92 Å². The maximum Gasteiger partial charge on any atom is 0.273 e. The van der Waals surface area contributed by atoms with E-state index in [1.54, 1.807) is 7.05 Å². The molecule has 1 aliphatic rings. The molecular weight excluding hydrogens is 442 g/mol. The lowest BCUT2D eigenvalue weighted by Gasteiger charge is -2.31. The molecule has 12 heteroatoms. The van der Waals surface area contributed by atoms with Gasteiger partial charge in [0, 0.05) is 31.9 Å². The second-order valence-electron chi connectivity index (χ2n) is 7.43. The van der Waals surface area contributed by atoms with Crippen LogP contribution in [0.5, 0.6) is 0 Å². The largest absolute Gasteiger partial charge is 0.359 e. The number of carbonyl (C=O) groups is 2. The predicted octanol–water partition coefficient (Wildman–Crippen LogP) is 1.73. The first kappa shape index (κ1) is 21.8. The minimum atomic E-state index is -0.825. The summed E-state index contributed by atoms with van der Waals surface area (Å²) in [7, 11) is 1.60. The molecular formula is C20H20F2N6O3S. The minimum absolute atomic E-state index is 0.0273. The summed E-state index contributed by atoms with van der Waals surface area (Å²) in [5.74, 6) is -2.46. The zero-order valence-electron chi connectivity index (χ0n) is 17.1. The molecule has 1 fully saturated rings. The van der Waals surface area contributed by atoms with Crippen LogP contribution in [0.2, 0.25) is 0 Å². The lowest BCUT2D eigenvalue weighted by molar-refractivity contribution is -0.124. The van der Waals surface area contributed by atoms with Crippen molar-refractivity contribution in [3.63, 3.8) is 0 Å². The number of halogens is 2. The monoisotopic (exact) mass is 462 g/mol. The van der Waals surface area contributed by atoms with Gasteiger partial charge in [0.2, 0.25) is 11.8 Å². The van der Waals surface area contributed by atoms with Crippen molar-refractivity contribution in [3.05, 3.63) is 46.5 Å². The Labute approximate surface area is 185 Å². The Balaban J connectivity index is 1.52. The summed E-state index contributed by atoms with van der Waals surface area (Å²) in [6.45, 7) is 0.837. The van der Waals surface area contributed by atoms with E-state index in [0.717, 1.165) is 40.9 Å². The Morgan fingerprint density at radius 1 is 1.25 bits per heavy atom. The van der Waals surface area contributed by atoms with Gasteiger partial charge >= 0.3 is 0 Å². The molecule has 3 aromatic rings. The smallest absolute Gasteiger partial charge is 0.273 e. The first-order valence-corrected chi connectivity index (χ1v) is 10.7. The van der Waals surface area contributed by atoms with Crippen LogP contribution in [0.4, 0.5) is 19.6 Å². The fourth-order valence-corrected chi connectivity index (χ4v) is 4.64. The summed E-state index contributed by atoms with van der Waals surface area (Å²) in [6.07, 6.45) is 2.83. The molecule has 1 atom stereocenters. The number of hydrogen-bond acceptors (Lipinski definition) is 7. The van der Waals surface area contributed by atoms with Gasteiger partial charge in [0.05, 0.1) is 5.92 Å². The van der Waals surface area contributed by atoms with Gasteiger partial charge in [0.1, 0.15) is 29.2 Å². The highest BCUT2D eigenvalue weighted by atomic mass is 32.1. The van der Waals surface area contributed by atoms with E-state index in [4.69, 9.17) is 0 Å². The lowest BCUT2D eigenvalue weighted by atomic mass is 9.98. The second-order valence-corrected chi connectivity index (χ2v) is 8.41. The van der Waals surface area contributed by atoms with Crippen LogP contribution in [0, 0.1) is 17.6 Å². The Bertz CT molecular complexity index is 1220. The molecule has 4 rings (SSSR count). The molecule has 2 aromatic heterocycles. The standard InChI is InChI=1S/C20H20F2N6O3S/c1-23-18(30)11-3-2-4-27(8-11)20-26-17-16(32-20)19(31)28(10-24-17)9-15(29)25-14-6-12(21)5-13(22)7-14/h5-7,10-11H,2-4,8-9H2,1H3,(H,23,30)(H,25,29)/t11-/m0/s1. The van der Waals surface area contributed by atoms with Gasteiger partial charge < -0.3 is 15.5 Å². The summed E-state index contributed by atoms with van der Waals surface area (Å²) >= 11 is 1.16. The highest BCUT2D eigenvalue weighted by molar-refractivity contribution is 7.22. The number of rotatable bonds is 5. The molecule has 168 valence electrons. The van der Waals surface area contributed by atoms with Crippen LogP contribution in [0.1, 0.15) is 12.8 Å². The third-order valence-electron chi connectivity index (χ3n) is 5.14. The molecule has 0 radical (unpaired) electrons. The van der Waals surface area contributed by atoms with Gasteiger partial charge in [-0.3, -0.25) is 19.0 Å². The van der Waals surface area contributed by atoms with Crippen LogP contribution in [0.3, 0.4) is 0 Å². The summed E-state index contributed by atoms with van der Waals surface area (Å²) in [5, 5.41) is 5.62. The zero-order valence-corrected chi connectivity index (χ0v) is 17.9. The van der Waals surface area contributed by atoms with Gasteiger partial charge in [-0.05, 0) is 25.0 Å². The number of carbonyl (C=O) groups excluding carboxylic acids is 2. The fourth-order valence-electron chi connectivity index (χ4n) is 3.63. The first-order valence-electron chi connectivity index (χ1n) is 9.92. The van der Waals surface area contributed by atoms with Gasteiger partial charge in [-0.2, -0.15) is 4.98 Å². The molecule has 2 N–H and O–H groups in total. The van der Waals surface area contributed by atoms with Crippen LogP contribution >= 0.6 is 11.3 Å². The van der Waals surface area contributed by atoms with Crippen molar-refractivity contribution in [2.45, 2.75) is 19.4 Å². The van der Waals surface area contributed by atoms with E-state index >= 15 is 0 Å². The van der Waals surface area contributed by atoms with E-state index < -0.39 is 23.1 Å². The molecule has 1 saturated heterocycles. The summed E-state index contributed by atoms with van der Waals surface area (Å²) < 4.78 is 28.0. The number of nitrogens with zero attached hydrogens (tertiary/aromatic N) is 4. The molecule has 0 saturated carbocycles. The molecule has 9 nitrogen and oxygen atoms in total. The third kappa shape index (κ3) is 4.59. The maximum atomic E-state index is 13.3. The van der Waals surface area contributed by atoms with Crippen molar-refractivity contribution < 1.29 is 18.4 Å². The minimum Gasteiger partial charge on any atom is -0.359 e. The van der Waals surface area contributed by atoms with E-state index in [0.29, 0.717) is 24.3 Å². The SMILES string of the molecule is CNC(=O)[C@H]1CCCN(c2nc3ncn(CC(=O)Nc4cc(F)cc(F)c4)c(=O)c3s2)C1. The second kappa shape index (κ2) is 8.99. The topological polar surface area (TPSA) is 109 Å². The van der Waals surface area contributed by atoms with Crippen molar-refractivity contribution in [1.82, 2.24) is 19.9 Å². The molecule has 0 aliphatic carbocycles. The molecule has 1 aromatic carbocycles. The number of anilines is 2. The number of fused-ring (bicyclic) bond motifs is 1. The Morgan fingerprint density at radius 2 is 2.00 bits per heavy atom. The molecule has 32 heavy (non-hydrogen) atoms. The van der Waals surface area contributed by atoms with Gasteiger partial charge in [0.15, 0.2) is 10.8 Å². The number of hydrogen-bond donors (Lipinski definition) is 2. The van der Waals surface area contributed by atoms with Gasteiger partial charge in [-0.1, -0.05) is 11.3 Å². The fraction of sp³-hybridized carbons (Fsp3) is 0.350. The normalized spacial score (nSPS) is 16.2. The Morgan fingerprint density at radius 3 is 2.72 bits per heavy atom. The molecule has 0 spiro atoms. The van der Waals surface area contributed by atoms with E-state index in [1.807, 2.05) is 4.90 Å².